The third-order valence-corrected chi connectivity index (χ3v) is 14.6. The Morgan fingerprint density at radius 2 is 1.17 bits per heavy atom. The fraction of sp³-hybridized carbons (Fsp3) is 1.00. The molecule has 0 aliphatic heterocycles. The molecule has 0 aromatic rings. The average Bonchev–Trinajstić information content (AvgIpc) is 2.06. The number of hydrogen-bond acceptors (Lipinski definition) is 0. The normalized spacial score (nSPS) is 15.6. The Balaban J connectivity index is 4.50. The van der Waals surface area contributed by atoms with Crippen LogP contribution in [0.4, 0.5) is 0 Å². The van der Waals surface area contributed by atoms with Crippen LogP contribution in [-0.4, -0.2) is 24.6 Å². The fourth-order valence-corrected chi connectivity index (χ4v) is 8.38. The molecule has 12 heavy (non-hydrogen) atoms. The fourth-order valence-electron chi connectivity index (χ4n) is 2.09. The van der Waals surface area contributed by atoms with E-state index in [1.54, 1.807) is 0 Å². The molecule has 0 rings (SSSR count). The van der Waals surface area contributed by atoms with Crippen LogP contribution in [0.3, 0.4) is 0 Å². The zero-order valence-electron chi connectivity index (χ0n) is 9.07. The molecule has 0 unspecified atom stereocenters. The molecule has 0 aromatic heterocycles. The Kier molecular flexibility index (Phi) is 5.33. The summed E-state index contributed by atoms with van der Waals surface area (Å²) in [6, 6.07) is 0. The number of rotatable bonds is 6. The zero-order chi connectivity index (χ0) is 9.69. The van der Waals surface area contributed by atoms with Gasteiger partial charge >= 0.3 is 86.0 Å². The quantitative estimate of drug-likeness (QED) is 0.603. The van der Waals surface area contributed by atoms with Gasteiger partial charge in [0.2, 0.25) is 0 Å². The molecule has 0 bridgehead atoms. The molecule has 0 saturated heterocycles. The van der Waals surface area contributed by atoms with Gasteiger partial charge in [0.15, 0.2) is 0 Å². The monoisotopic (exact) mass is 254 g/mol. The van der Waals surface area contributed by atoms with E-state index in [9.17, 15) is 0 Å². The van der Waals surface area contributed by atoms with Crippen LogP contribution in [0.5, 0.6) is 0 Å². The average molecular weight is 255 g/mol. The van der Waals surface area contributed by atoms with Crippen LogP contribution in [-0.2, 0) is 0 Å². The second-order valence-electron chi connectivity index (χ2n) is 3.90. The molecule has 0 nitrogen and oxygen atoms in total. The predicted molar refractivity (Wildman–Crippen MR) is 67.2 cm³/mol. The van der Waals surface area contributed by atoms with Crippen molar-refractivity contribution in [3.63, 3.8) is 0 Å². The summed E-state index contributed by atoms with van der Waals surface area (Å²) < 4.78 is 0. The first-order valence-corrected chi connectivity index (χ1v) is 10.3. The summed E-state index contributed by atoms with van der Waals surface area (Å²) in [5.74, 6) is 0. The van der Waals surface area contributed by atoms with Crippen molar-refractivity contribution >= 4 is 20.8 Å². The summed E-state index contributed by atoms with van der Waals surface area (Å²) in [5.41, 5.74) is 0. The SMILES string of the molecule is CCCP(Br)(CC)(CC)CCC. The van der Waals surface area contributed by atoms with E-state index in [1.807, 2.05) is 0 Å². The van der Waals surface area contributed by atoms with Crippen LogP contribution in [0.25, 0.3) is 0 Å². The van der Waals surface area contributed by atoms with Crippen molar-refractivity contribution in [2.45, 2.75) is 40.5 Å². The van der Waals surface area contributed by atoms with Gasteiger partial charge in [-0.25, -0.2) is 0 Å². The van der Waals surface area contributed by atoms with Gasteiger partial charge in [0.05, 0.1) is 0 Å². The molecule has 0 aliphatic rings. The molecule has 0 heterocycles. The summed E-state index contributed by atoms with van der Waals surface area (Å²) >= 11 is 4.14. The van der Waals surface area contributed by atoms with E-state index in [-0.39, 0.29) is 0 Å². The third kappa shape index (κ3) is 3.00. The Hall–Kier alpha value is 0.910. The van der Waals surface area contributed by atoms with Crippen molar-refractivity contribution in [2.24, 2.45) is 0 Å². The van der Waals surface area contributed by atoms with Crippen molar-refractivity contribution in [2.75, 3.05) is 24.6 Å². The first-order chi connectivity index (χ1) is 5.54. The van der Waals surface area contributed by atoms with Crippen LogP contribution >= 0.6 is 20.8 Å². The topological polar surface area (TPSA) is 0 Å². The molecule has 0 atom stereocenters. The van der Waals surface area contributed by atoms with Crippen molar-refractivity contribution in [3.8, 4) is 0 Å². The molecule has 2 heteroatoms. The molecule has 0 N–H and O–H groups in total. The van der Waals surface area contributed by atoms with Crippen LogP contribution in [0.15, 0.2) is 0 Å². The van der Waals surface area contributed by atoms with Crippen LogP contribution in [0, 0.1) is 0 Å². The molecule has 76 valence electrons. The Morgan fingerprint density at radius 1 is 0.833 bits per heavy atom. The van der Waals surface area contributed by atoms with Gasteiger partial charge in [-0.2, -0.15) is 0 Å². The Labute approximate surface area is 86.2 Å². The molecule has 0 amide bonds. The van der Waals surface area contributed by atoms with Crippen molar-refractivity contribution in [1.29, 1.82) is 0 Å². The molecular formula is C10H24BrP. The minimum absolute atomic E-state index is 1.34. The Morgan fingerprint density at radius 3 is 1.33 bits per heavy atom. The second-order valence-corrected chi connectivity index (χ2v) is 15.7. The predicted octanol–water partition coefficient (Wildman–Crippen LogP) is 4.71. The van der Waals surface area contributed by atoms with Gasteiger partial charge in [-0.05, 0) is 0 Å². The van der Waals surface area contributed by atoms with Crippen molar-refractivity contribution in [1.82, 2.24) is 0 Å². The molecule has 0 fully saturated rings. The zero-order valence-corrected chi connectivity index (χ0v) is 11.5. The van der Waals surface area contributed by atoms with Crippen LogP contribution < -0.4 is 0 Å². The molecule has 0 aromatic carbocycles. The van der Waals surface area contributed by atoms with E-state index in [2.05, 4.69) is 43.2 Å². The van der Waals surface area contributed by atoms with Crippen LogP contribution in [0.1, 0.15) is 40.5 Å². The van der Waals surface area contributed by atoms with Gasteiger partial charge in [-0.15, -0.1) is 0 Å². The standard InChI is InChI=1S/C10H24BrP/c1-5-9-12(11,7-3,8-4)10-6-2/h5-10H2,1-4H3. The first kappa shape index (κ1) is 12.9. The molecule has 0 spiro atoms. The van der Waals surface area contributed by atoms with Gasteiger partial charge in [0, 0.05) is 0 Å². The Bertz CT molecular complexity index is 120. The molecule has 0 aliphatic carbocycles. The van der Waals surface area contributed by atoms with Crippen LogP contribution in [0.2, 0.25) is 0 Å². The summed E-state index contributed by atoms with van der Waals surface area (Å²) in [7, 11) is 0. The maximum absolute atomic E-state index is 4.14. The summed E-state index contributed by atoms with van der Waals surface area (Å²) in [6.07, 6.45) is 8.31. The van der Waals surface area contributed by atoms with E-state index in [0.29, 0.717) is 0 Å². The summed E-state index contributed by atoms with van der Waals surface area (Å²) in [4.78, 5) is 0. The van der Waals surface area contributed by atoms with E-state index < -0.39 is 5.31 Å². The minimum atomic E-state index is -1.40. The molecule has 0 saturated carbocycles. The van der Waals surface area contributed by atoms with Gasteiger partial charge < -0.3 is 0 Å². The second kappa shape index (κ2) is 4.96. The summed E-state index contributed by atoms with van der Waals surface area (Å²) in [5, 5.41) is -1.40. The van der Waals surface area contributed by atoms with Gasteiger partial charge in [-0.1, -0.05) is 0 Å². The van der Waals surface area contributed by atoms with E-state index in [4.69, 9.17) is 0 Å². The van der Waals surface area contributed by atoms with Crippen molar-refractivity contribution < 1.29 is 0 Å². The molecular weight excluding hydrogens is 231 g/mol. The summed E-state index contributed by atoms with van der Waals surface area (Å²) in [6.45, 7) is 9.34. The molecule has 0 radical (unpaired) electrons. The number of hydrogen-bond donors (Lipinski definition) is 0. The van der Waals surface area contributed by atoms with Gasteiger partial charge in [0.25, 0.3) is 0 Å². The van der Waals surface area contributed by atoms with E-state index >= 15 is 0 Å². The number of halogens is 1. The van der Waals surface area contributed by atoms with Crippen molar-refractivity contribution in [3.05, 3.63) is 0 Å². The first-order valence-electron chi connectivity index (χ1n) is 5.26. The van der Waals surface area contributed by atoms with Gasteiger partial charge in [0.1, 0.15) is 0 Å². The van der Waals surface area contributed by atoms with E-state index in [0.717, 1.165) is 0 Å². The maximum atomic E-state index is 4.14. The van der Waals surface area contributed by atoms with Gasteiger partial charge in [-0.3, -0.25) is 0 Å². The van der Waals surface area contributed by atoms with E-state index in [1.165, 1.54) is 37.5 Å². The third-order valence-electron chi connectivity index (χ3n) is 3.15.